The van der Waals surface area contributed by atoms with Crippen molar-refractivity contribution in [3.8, 4) is 5.75 Å². The molecule has 1 saturated heterocycles. The Morgan fingerprint density at radius 1 is 1.35 bits per heavy atom. The molecule has 0 bridgehead atoms. The maximum absolute atomic E-state index is 12.5. The van der Waals surface area contributed by atoms with Gasteiger partial charge in [0.25, 0.3) is 5.91 Å². The Morgan fingerprint density at radius 2 is 2.17 bits per heavy atom. The fourth-order valence-corrected chi connectivity index (χ4v) is 2.91. The zero-order valence-electron chi connectivity index (χ0n) is 12.9. The number of benzene rings is 1. The first kappa shape index (κ1) is 15.5. The number of hydrogen-bond acceptors (Lipinski definition) is 5. The molecule has 0 spiro atoms. The second kappa shape index (κ2) is 6.37. The minimum atomic E-state index is -0.582. The zero-order chi connectivity index (χ0) is 16.4. The Kier molecular flexibility index (Phi) is 4.29. The van der Waals surface area contributed by atoms with Crippen molar-refractivity contribution in [2.24, 2.45) is 0 Å². The van der Waals surface area contributed by atoms with Crippen molar-refractivity contribution in [1.82, 2.24) is 15.5 Å². The van der Waals surface area contributed by atoms with E-state index in [1.165, 1.54) is 4.90 Å². The van der Waals surface area contributed by atoms with Gasteiger partial charge in [-0.2, -0.15) is 0 Å². The summed E-state index contributed by atoms with van der Waals surface area (Å²) in [6, 6.07) is 4.76. The molecule has 23 heavy (non-hydrogen) atoms. The number of fused-ring (bicyclic) bond motifs is 1. The Morgan fingerprint density at radius 3 is 2.91 bits per heavy atom. The monoisotopic (exact) mass is 317 g/mol. The SMILES string of the molecule is CNCCOc1ccc2c(c1)CN(C1CCC(=O)NC1=O)C2=O. The van der Waals surface area contributed by atoms with E-state index in [1.54, 1.807) is 12.1 Å². The first-order valence-corrected chi connectivity index (χ1v) is 7.65. The van der Waals surface area contributed by atoms with E-state index >= 15 is 0 Å². The van der Waals surface area contributed by atoms with E-state index in [0.29, 0.717) is 30.9 Å². The highest BCUT2D eigenvalue weighted by Crippen LogP contribution is 2.30. The molecule has 2 aliphatic heterocycles. The summed E-state index contributed by atoms with van der Waals surface area (Å²) >= 11 is 0. The maximum atomic E-state index is 12.5. The Hall–Kier alpha value is -2.41. The number of hydrogen-bond donors (Lipinski definition) is 2. The molecule has 1 aromatic carbocycles. The molecule has 2 N–H and O–H groups in total. The molecule has 122 valence electrons. The molecule has 1 fully saturated rings. The second-order valence-corrected chi connectivity index (χ2v) is 5.67. The number of piperidine rings is 1. The quantitative estimate of drug-likeness (QED) is 0.592. The van der Waals surface area contributed by atoms with E-state index < -0.39 is 11.9 Å². The molecule has 0 saturated carbocycles. The van der Waals surface area contributed by atoms with Gasteiger partial charge in [-0.25, -0.2) is 0 Å². The second-order valence-electron chi connectivity index (χ2n) is 5.67. The molecule has 1 unspecified atom stereocenters. The number of imide groups is 1. The first-order valence-electron chi connectivity index (χ1n) is 7.65. The van der Waals surface area contributed by atoms with Crippen LogP contribution in [-0.4, -0.2) is 48.9 Å². The third-order valence-electron chi connectivity index (χ3n) is 4.12. The van der Waals surface area contributed by atoms with Crippen LogP contribution in [0.1, 0.15) is 28.8 Å². The van der Waals surface area contributed by atoms with Crippen molar-refractivity contribution in [3.05, 3.63) is 29.3 Å². The van der Waals surface area contributed by atoms with Gasteiger partial charge < -0.3 is 15.0 Å². The Balaban J connectivity index is 1.73. The molecule has 2 aliphatic rings. The van der Waals surface area contributed by atoms with Gasteiger partial charge in [0, 0.05) is 25.1 Å². The standard InChI is InChI=1S/C16H19N3O4/c1-17-6-7-23-11-2-3-12-10(8-11)9-19(16(12)22)13-4-5-14(20)18-15(13)21/h2-3,8,13,17H,4-7,9H2,1H3,(H,18,20,21). The van der Waals surface area contributed by atoms with Crippen LogP contribution in [0.2, 0.25) is 0 Å². The fourth-order valence-electron chi connectivity index (χ4n) is 2.91. The van der Waals surface area contributed by atoms with Crippen LogP contribution in [0.15, 0.2) is 18.2 Å². The number of carbonyl (C=O) groups excluding carboxylic acids is 3. The molecule has 0 aliphatic carbocycles. The first-order chi connectivity index (χ1) is 11.1. The lowest BCUT2D eigenvalue weighted by Gasteiger charge is -2.29. The van der Waals surface area contributed by atoms with Gasteiger partial charge in [-0.05, 0) is 37.2 Å². The normalized spacial score (nSPS) is 20.5. The summed E-state index contributed by atoms with van der Waals surface area (Å²) in [6.07, 6.45) is 0.630. The van der Waals surface area contributed by atoms with Gasteiger partial charge in [0.05, 0.1) is 0 Å². The van der Waals surface area contributed by atoms with Crippen molar-refractivity contribution in [2.75, 3.05) is 20.2 Å². The van der Waals surface area contributed by atoms with Crippen LogP contribution in [0.5, 0.6) is 5.75 Å². The van der Waals surface area contributed by atoms with Crippen molar-refractivity contribution in [2.45, 2.75) is 25.4 Å². The van der Waals surface area contributed by atoms with E-state index in [9.17, 15) is 14.4 Å². The number of amides is 3. The molecule has 0 aromatic heterocycles. The van der Waals surface area contributed by atoms with E-state index in [4.69, 9.17) is 4.74 Å². The van der Waals surface area contributed by atoms with Crippen LogP contribution in [-0.2, 0) is 16.1 Å². The highest BCUT2D eigenvalue weighted by molar-refractivity contribution is 6.05. The van der Waals surface area contributed by atoms with Gasteiger partial charge in [0.2, 0.25) is 11.8 Å². The molecule has 7 heteroatoms. The summed E-state index contributed by atoms with van der Waals surface area (Å²) < 4.78 is 5.61. The summed E-state index contributed by atoms with van der Waals surface area (Å²) in [7, 11) is 1.85. The number of rotatable bonds is 5. The molecule has 1 atom stereocenters. The highest BCUT2D eigenvalue weighted by Gasteiger charge is 2.39. The molecule has 7 nitrogen and oxygen atoms in total. The van der Waals surface area contributed by atoms with E-state index in [1.807, 2.05) is 13.1 Å². The lowest BCUT2D eigenvalue weighted by atomic mass is 10.0. The molecule has 3 amide bonds. The largest absolute Gasteiger partial charge is 0.492 e. The van der Waals surface area contributed by atoms with Gasteiger partial charge in [-0.1, -0.05) is 0 Å². The van der Waals surface area contributed by atoms with Crippen LogP contribution in [0, 0.1) is 0 Å². The fraction of sp³-hybridized carbons (Fsp3) is 0.438. The van der Waals surface area contributed by atoms with Gasteiger partial charge >= 0.3 is 0 Å². The van der Waals surface area contributed by atoms with Crippen LogP contribution in [0.25, 0.3) is 0 Å². The van der Waals surface area contributed by atoms with Crippen molar-refractivity contribution in [3.63, 3.8) is 0 Å². The van der Waals surface area contributed by atoms with Gasteiger partial charge in [-0.3, -0.25) is 19.7 Å². The third-order valence-corrected chi connectivity index (χ3v) is 4.12. The number of nitrogens with zero attached hydrogens (tertiary/aromatic N) is 1. The van der Waals surface area contributed by atoms with Crippen LogP contribution >= 0.6 is 0 Å². The number of nitrogens with one attached hydrogen (secondary N) is 2. The Bertz CT molecular complexity index is 659. The van der Waals surface area contributed by atoms with Crippen molar-refractivity contribution in [1.29, 1.82) is 0 Å². The molecular formula is C16H19N3O4. The summed E-state index contributed by atoms with van der Waals surface area (Å²) in [4.78, 5) is 37.3. The lowest BCUT2D eigenvalue weighted by molar-refractivity contribution is -0.136. The summed E-state index contributed by atoms with van der Waals surface area (Å²) in [5.41, 5.74) is 1.44. The van der Waals surface area contributed by atoms with Gasteiger partial charge in [0.15, 0.2) is 0 Å². The smallest absolute Gasteiger partial charge is 0.255 e. The van der Waals surface area contributed by atoms with Crippen molar-refractivity contribution >= 4 is 17.7 Å². The highest BCUT2D eigenvalue weighted by atomic mass is 16.5. The summed E-state index contributed by atoms with van der Waals surface area (Å²) in [5, 5.41) is 5.29. The number of ether oxygens (including phenoxy) is 1. The van der Waals surface area contributed by atoms with E-state index in [2.05, 4.69) is 10.6 Å². The number of carbonyl (C=O) groups is 3. The molecule has 1 aromatic rings. The minimum Gasteiger partial charge on any atom is -0.492 e. The van der Waals surface area contributed by atoms with Crippen LogP contribution < -0.4 is 15.4 Å². The van der Waals surface area contributed by atoms with E-state index in [-0.39, 0.29) is 18.2 Å². The van der Waals surface area contributed by atoms with Crippen molar-refractivity contribution < 1.29 is 19.1 Å². The Labute approximate surface area is 134 Å². The maximum Gasteiger partial charge on any atom is 0.255 e. The predicted molar refractivity (Wildman–Crippen MR) is 81.9 cm³/mol. The number of likely N-dealkylation sites (N-methyl/N-ethyl adjacent to an activating group) is 1. The minimum absolute atomic E-state index is 0.170. The zero-order valence-corrected chi connectivity index (χ0v) is 12.9. The average Bonchev–Trinajstić information content (AvgIpc) is 2.84. The third kappa shape index (κ3) is 3.05. The summed E-state index contributed by atoms with van der Waals surface area (Å²) in [5.74, 6) is -0.142. The average molecular weight is 317 g/mol. The lowest BCUT2D eigenvalue weighted by Crippen LogP contribution is -2.52. The topological polar surface area (TPSA) is 87.7 Å². The van der Waals surface area contributed by atoms with Gasteiger partial charge in [-0.15, -0.1) is 0 Å². The van der Waals surface area contributed by atoms with Gasteiger partial charge in [0.1, 0.15) is 18.4 Å². The molecular weight excluding hydrogens is 298 g/mol. The van der Waals surface area contributed by atoms with Crippen LogP contribution in [0.4, 0.5) is 0 Å². The predicted octanol–water partition coefficient (Wildman–Crippen LogP) is 0.0458. The molecule has 3 rings (SSSR count). The molecule has 2 heterocycles. The summed E-state index contributed by atoms with van der Waals surface area (Å²) in [6.45, 7) is 1.64. The van der Waals surface area contributed by atoms with Crippen LogP contribution in [0.3, 0.4) is 0 Å². The molecule has 0 radical (unpaired) electrons. The van der Waals surface area contributed by atoms with E-state index in [0.717, 1.165) is 12.1 Å².